The Morgan fingerprint density at radius 1 is 1.00 bits per heavy atom. The van der Waals surface area contributed by atoms with Crippen molar-refractivity contribution < 1.29 is 4.79 Å². The molecule has 3 aromatic rings. The molecule has 1 aromatic carbocycles. The average molecular weight is 349 g/mol. The first-order valence-electron chi connectivity index (χ1n) is 8.55. The predicted molar refractivity (Wildman–Crippen MR) is 99.3 cm³/mol. The number of carbonyl (C=O) groups excluding carboxylic acids is 1. The van der Waals surface area contributed by atoms with Gasteiger partial charge in [-0.25, -0.2) is 4.68 Å². The van der Waals surface area contributed by atoms with Crippen molar-refractivity contribution in [1.82, 2.24) is 19.7 Å². The molecule has 0 unspecified atom stereocenters. The first-order valence-corrected chi connectivity index (χ1v) is 8.55. The molecular formula is C19H19N5O2. The fourth-order valence-corrected chi connectivity index (χ4v) is 3.32. The molecule has 26 heavy (non-hydrogen) atoms. The lowest BCUT2D eigenvalue weighted by atomic mass is 10.1. The summed E-state index contributed by atoms with van der Waals surface area (Å²) in [6, 6.07) is 11.1. The number of benzene rings is 1. The fourth-order valence-electron chi connectivity index (χ4n) is 3.32. The van der Waals surface area contributed by atoms with E-state index in [1.54, 1.807) is 36.3 Å². The molecule has 0 aliphatic carbocycles. The number of piperazine rings is 1. The minimum absolute atomic E-state index is 0.136. The van der Waals surface area contributed by atoms with Crippen LogP contribution in [0.5, 0.6) is 0 Å². The van der Waals surface area contributed by atoms with Gasteiger partial charge in [-0.05, 0) is 18.2 Å². The van der Waals surface area contributed by atoms with Crippen molar-refractivity contribution in [1.29, 1.82) is 0 Å². The molecule has 3 heterocycles. The molecule has 132 valence electrons. The molecule has 7 nitrogen and oxygen atoms in total. The maximum Gasteiger partial charge on any atom is 0.275 e. The van der Waals surface area contributed by atoms with Gasteiger partial charge >= 0.3 is 0 Å². The summed E-state index contributed by atoms with van der Waals surface area (Å²) in [5, 5.41) is 5.37. The van der Waals surface area contributed by atoms with Crippen molar-refractivity contribution in [3.63, 3.8) is 0 Å². The summed E-state index contributed by atoms with van der Waals surface area (Å²) in [7, 11) is 1.58. The molecule has 0 spiro atoms. The maximum atomic E-state index is 13.0. The quantitative estimate of drug-likeness (QED) is 0.697. The van der Waals surface area contributed by atoms with Gasteiger partial charge in [-0.15, -0.1) is 0 Å². The van der Waals surface area contributed by atoms with E-state index in [0.29, 0.717) is 29.6 Å². The van der Waals surface area contributed by atoms with E-state index in [9.17, 15) is 9.59 Å². The number of hydrogen-bond donors (Lipinski definition) is 0. The van der Waals surface area contributed by atoms with E-state index in [1.807, 2.05) is 24.4 Å². The Morgan fingerprint density at radius 3 is 2.42 bits per heavy atom. The number of fused-ring (bicyclic) bond motifs is 1. The molecule has 1 amide bonds. The Kier molecular flexibility index (Phi) is 4.12. The van der Waals surface area contributed by atoms with Gasteiger partial charge in [0.25, 0.3) is 11.5 Å². The normalized spacial score (nSPS) is 14.7. The van der Waals surface area contributed by atoms with E-state index in [2.05, 4.69) is 15.0 Å². The highest BCUT2D eigenvalue weighted by atomic mass is 16.2. The second kappa shape index (κ2) is 6.59. The smallest absolute Gasteiger partial charge is 0.275 e. The van der Waals surface area contributed by atoms with Crippen LogP contribution in [0, 0.1) is 0 Å². The molecule has 4 rings (SSSR count). The van der Waals surface area contributed by atoms with Gasteiger partial charge in [-0.3, -0.25) is 14.6 Å². The van der Waals surface area contributed by atoms with Gasteiger partial charge in [0.1, 0.15) is 0 Å². The highest BCUT2D eigenvalue weighted by Crippen LogP contribution is 2.18. The number of aromatic nitrogens is 3. The molecule has 2 aromatic heterocycles. The zero-order valence-electron chi connectivity index (χ0n) is 14.5. The molecule has 0 radical (unpaired) electrons. The van der Waals surface area contributed by atoms with E-state index in [-0.39, 0.29) is 11.5 Å². The summed E-state index contributed by atoms with van der Waals surface area (Å²) in [5.41, 5.74) is 1.20. The second-order valence-electron chi connectivity index (χ2n) is 6.31. The van der Waals surface area contributed by atoms with Gasteiger partial charge in [-0.1, -0.05) is 18.2 Å². The van der Waals surface area contributed by atoms with Crippen LogP contribution >= 0.6 is 0 Å². The van der Waals surface area contributed by atoms with E-state index >= 15 is 0 Å². The molecule has 7 heteroatoms. The highest BCUT2D eigenvalue weighted by Gasteiger charge is 2.25. The Balaban J connectivity index is 1.59. The van der Waals surface area contributed by atoms with E-state index < -0.39 is 0 Å². The Morgan fingerprint density at radius 2 is 1.73 bits per heavy atom. The summed E-state index contributed by atoms with van der Waals surface area (Å²) in [6.45, 7) is 2.68. The van der Waals surface area contributed by atoms with E-state index in [0.717, 1.165) is 18.8 Å². The Bertz CT molecular complexity index is 1010. The van der Waals surface area contributed by atoms with Crippen LogP contribution < -0.4 is 10.5 Å². The molecule has 0 bridgehead atoms. The predicted octanol–water partition coefficient (Wildman–Crippen LogP) is 1.29. The Hall–Kier alpha value is -3.22. The Labute approximate surface area is 150 Å². The average Bonchev–Trinajstić information content (AvgIpc) is 2.71. The number of nitrogens with zero attached hydrogens (tertiary/aromatic N) is 5. The molecule has 1 fully saturated rings. The number of pyridine rings is 1. The first-order chi connectivity index (χ1) is 12.6. The van der Waals surface area contributed by atoms with E-state index in [1.165, 1.54) is 4.68 Å². The van der Waals surface area contributed by atoms with Crippen LogP contribution in [0.25, 0.3) is 10.8 Å². The molecule has 0 N–H and O–H groups in total. The summed E-state index contributed by atoms with van der Waals surface area (Å²) < 4.78 is 1.24. The van der Waals surface area contributed by atoms with Crippen LogP contribution in [0.2, 0.25) is 0 Å². The lowest BCUT2D eigenvalue weighted by Gasteiger charge is -2.35. The number of hydrogen-bond acceptors (Lipinski definition) is 5. The third-order valence-corrected chi connectivity index (χ3v) is 4.74. The van der Waals surface area contributed by atoms with Crippen molar-refractivity contribution in [3.05, 3.63) is 64.8 Å². The number of carbonyl (C=O) groups is 1. The van der Waals surface area contributed by atoms with Crippen molar-refractivity contribution in [2.24, 2.45) is 7.05 Å². The minimum atomic E-state index is -0.196. The van der Waals surface area contributed by atoms with Crippen molar-refractivity contribution in [2.75, 3.05) is 31.1 Å². The maximum absolute atomic E-state index is 13.0. The number of rotatable bonds is 2. The van der Waals surface area contributed by atoms with Gasteiger partial charge in [0, 0.05) is 44.8 Å². The van der Waals surface area contributed by atoms with Crippen LogP contribution in [0.4, 0.5) is 5.69 Å². The molecule has 1 saturated heterocycles. The van der Waals surface area contributed by atoms with Crippen molar-refractivity contribution in [3.8, 4) is 0 Å². The molecule has 0 saturated carbocycles. The van der Waals surface area contributed by atoms with Gasteiger partial charge in [0.05, 0.1) is 17.3 Å². The standard InChI is InChI=1S/C19H19N5O2/c1-22-18(25)16-7-3-2-6-15(16)17(21-22)19(26)24-11-9-23(10-12-24)14-5-4-8-20-13-14/h2-8,13H,9-12H2,1H3. The zero-order valence-corrected chi connectivity index (χ0v) is 14.5. The molecule has 0 atom stereocenters. The van der Waals surface area contributed by atoms with Crippen LogP contribution in [-0.4, -0.2) is 51.8 Å². The summed E-state index contributed by atoms with van der Waals surface area (Å²) in [5.74, 6) is -0.136. The zero-order chi connectivity index (χ0) is 18.1. The monoisotopic (exact) mass is 349 g/mol. The molecular weight excluding hydrogens is 330 g/mol. The van der Waals surface area contributed by atoms with Gasteiger partial charge in [0.2, 0.25) is 0 Å². The van der Waals surface area contributed by atoms with Crippen molar-refractivity contribution >= 4 is 22.4 Å². The van der Waals surface area contributed by atoms with Crippen LogP contribution in [0.15, 0.2) is 53.6 Å². The highest BCUT2D eigenvalue weighted by molar-refractivity contribution is 6.04. The van der Waals surface area contributed by atoms with Crippen LogP contribution in [0.1, 0.15) is 10.5 Å². The lowest BCUT2D eigenvalue weighted by Crippen LogP contribution is -2.49. The topological polar surface area (TPSA) is 71.3 Å². The number of amides is 1. The van der Waals surface area contributed by atoms with E-state index in [4.69, 9.17) is 0 Å². The largest absolute Gasteiger partial charge is 0.367 e. The summed E-state index contributed by atoms with van der Waals surface area (Å²) in [6.07, 6.45) is 3.58. The minimum Gasteiger partial charge on any atom is -0.367 e. The second-order valence-corrected chi connectivity index (χ2v) is 6.31. The fraction of sp³-hybridized carbons (Fsp3) is 0.263. The van der Waals surface area contributed by atoms with Gasteiger partial charge in [0.15, 0.2) is 5.69 Å². The molecule has 1 aliphatic heterocycles. The third kappa shape index (κ3) is 2.81. The first kappa shape index (κ1) is 16.3. The van der Waals surface area contributed by atoms with Crippen molar-refractivity contribution in [2.45, 2.75) is 0 Å². The lowest BCUT2D eigenvalue weighted by molar-refractivity contribution is 0.0740. The van der Waals surface area contributed by atoms with Gasteiger partial charge in [-0.2, -0.15) is 5.10 Å². The number of anilines is 1. The summed E-state index contributed by atoms with van der Waals surface area (Å²) in [4.78, 5) is 33.4. The SMILES string of the molecule is Cn1nc(C(=O)N2CCN(c3cccnc3)CC2)c2ccccc2c1=O. The van der Waals surface area contributed by atoms with Gasteiger partial charge < -0.3 is 9.80 Å². The molecule has 1 aliphatic rings. The third-order valence-electron chi connectivity index (χ3n) is 4.74. The van der Waals surface area contributed by atoms with Crippen LogP contribution in [-0.2, 0) is 7.05 Å². The van der Waals surface area contributed by atoms with Crippen LogP contribution in [0.3, 0.4) is 0 Å². The summed E-state index contributed by atoms with van der Waals surface area (Å²) >= 11 is 0. The number of aryl methyl sites for hydroxylation is 1.